The fourth-order valence-corrected chi connectivity index (χ4v) is 4.20. The van der Waals surface area contributed by atoms with E-state index in [9.17, 15) is 13.2 Å². The molecular weight excluding hydrogens is 326 g/mol. The zero-order chi connectivity index (χ0) is 17.4. The van der Waals surface area contributed by atoms with Gasteiger partial charge in [-0.15, -0.1) is 0 Å². The zero-order valence-electron chi connectivity index (χ0n) is 14.3. The molecule has 1 fully saturated rings. The highest BCUT2D eigenvalue weighted by Crippen LogP contribution is 2.17. The highest BCUT2D eigenvalue weighted by molar-refractivity contribution is 7.92. The summed E-state index contributed by atoms with van der Waals surface area (Å²) in [7, 11) is -1.81. The fraction of sp³-hybridized carbons (Fsp3) is 0.611. The monoisotopic (exact) mass is 353 g/mol. The largest absolute Gasteiger partial charge is 0.497 e. The second-order valence-electron chi connectivity index (χ2n) is 6.45. The maximum absolute atomic E-state index is 12.2. The number of amides is 1. The minimum atomic E-state index is -3.40. The number of hydrogen-bond donors (Lipinski definition) is 1. The quantitative estimate of drug-likeness (QED) is 0.765. The molecule has 0 atom stereocenters. The Hall–Kier alpha value is -1.56. The first-order valence-corrected chi connectivity index (χ1v) is 10.4. The van der Waals surface area contributed by atoms with Gasteiger partial charge in [0, 0.05) is 6.04 Å². The first-order valence-electron chi connectivity index (χ1n) is 8.61. The molecule has 0 spiro atoms. The van der Waals surface area contributed by atoms with Crippen LogP contribution >= 0.6 is 0 Å². The van der Waals surface area contributed by atoms with Gasteiger partial charge in [-0.25, -0.2) is 8.42 Å². The Balaban J connectivity index is 1.79. The molecule has 0 heterocycles. The van der Waals surface area contributed by atoms with Crippen LogP contribution in [0, 0.1) is 0 Å². The molecule has 24 heavy (non-hydrogen) atoms. The predicted octanol–water partition coefficient (Wildman–Crippen LogP) is 2.49. The standard InChI is InChI=1S/C18H27NO4S/c1-23-17-10-8-15(9-11-17)12-13-24(21,22)14-18(20)19-16-6-4-2-3-5-7-16/h8-11,16H,2-7,12-14H2,1H3,(H,19,20). The fourth-order valence-electron chi connectivity index (χ4n) is 3.03. The number of carbonyl (C=O) groups excluding carboxylic acids is 1. The van der Waals surface area contributed by atoms with E-state index >= 15 is 0 Å². The van der Waals surface area contributed by atoms with Crippen molar-refractivity contribution in [1.29, 1.82) is 0 Å². The smallest absolute Gasteiger partial charge is 0.235 e. The van der Waals surface area contributed by atoms with Gasteiger partial charge in [0.1, 0.15) is 11.5 Å². The van der Waals surface area contributed by atoms with Crippen LogP contribution in [0.4, 0.5) is 0 Å². The lowest BCUT2D eigenvalue weighted by atomic mass is 10.1. The van der Waals surface area contributed by atoms with Crippen molar-refractivity contribution in [2.75, 3.05) is 18.6 Å². The number of benzene rings is 1. The average Bonchev–Trinajstić information content (AvgIpc) is 2.81. The number of methoxy groups -OCH3 is 1. The van der Waals surface area contributed by atoms with Crippen LogP contribution in [0.5, 0.6) is 5.75 Å². The van der Waals surface area contributed by atoms with E-state index in [-0.39, 0.29) is 17.7 Å². The van der Waals surface area contributed by atoms with Crippen LogP contribution in [0.3, 0.4) is 0 Å². The van der Waals surface area contributed by atoms with Crippen molar-refractivity contribution in [1.82, 2.24) is 5.32 Å². The van der Waals surface area contributed by atoms with Crippen LogP contribution in [0.25, 0.3) is 0 Å². The molecule has 5 nitrogen and oxygen atoms in total. The third kappa shape index (κ3) is 6.51. The van der Waals surface area contributed by atoms with Crippen LogP contribution in [0.1, 0.15) is 44.1 Å². The van der Waals surface area contributed by atoms with Crippen molar-refractivity contribution in [2.24, 2.45) is 0 Å². The zero-order valence-corrected chi connectivity index (χ0v) is 15.1. The Kier molecular flexibility index (Phi) is 7.09. The molecule has 1 saturated carbocycles. The molecule has 0 radical (unpaired) electrons. The Morgan fingerprint density at radius 1 is 1.12 bits per heavy atom. The maximum atomic E-state index is 12.2. The minimum Gasteiger partial charge on any atom is -0.497 e. The van der Waals surface area contributed by atoms with Gasteiger partial charge in [-0.3, -0.25) is 4.79 Å². The van der Waals surface area contributed by atoms with Gasteiger partial charge in [0.05, 0.1) is 12.9 Å². The normalized spacial score (nSPS) is 16.4. The molecule has 2 rings (SSSR count). The highest BCUT2D eigenvalue weighted by atomic mass is 32.2. The van der Waals surface area contributed by atoms with Crippen molar-refractivity contribution in [3.05, 3.63) is 29.8 Å². The molecule has 6 heteroatoms. The molecule has 1 aliphatic carbocycles. The summed E-state index contributed by atoms with van der Waals surface area (Å²) in [5.41, 5.74) is 0.920. The van der Waals surface area contributed by atoms with Gasteiger partial charge < -0.3 is 10.1 Å². The van der Waals surface area contributed by atoms with Crippen molar-refractivity contribution in [3.63, 3.8) is 0 Å². The summed E-state index contributed by atoms with van der Waals surface area (Å²) in [4.78, 5) is 12.0. The average molecular weight is 353 g/mol. The summed E-state index contributed by atoms with van der Waals surface area (Å²) in [5, 5.41) is 2.89. The molecule has 0 saturated heterocycles. The summed E-state index contributed by atoms with van der Waals surface area (Å²) in [6.07, 6.45) is 6.93. The highest BCUT2D eigenvalue weighted by Gasteiger charge is 2.20. The molecule has 134 valence electrons. The minimum absolute atomic E-state index is 0.0165. The second-order valence-corrected chi connectivity index (χ2v) is 8.63. The van der Waals surface area contributed by atoms with E-state index in [1.165, 1.54) is 12.8 Å². The van der Waals surface area contributed by atoms with Gasteiger partial charge in [-0.05, 0) is 37.0 Å². The number of rotatable bonds is 7. The molecule has 0 bridgehead atoms. The first kappa shape index (κ1) is 18.8. The Labute approximate surface area is 144 Å². The Morgan fingerprint density at radius 2 is 1.75 bits per heavy atom. The predicted molar refractivity (Wildman–Crippen MR) is 95.0 cm³/mol. The van der Waals surface area contributed by atoms with Crippen molar-refractivity contribution < 1.29 is 17.9 Å². The van der Waals surface area contributed by atoms with Gasteiger partial charge in [0.25, 0.3) is 0 Å². The number of sulfone groups is 1. The van der Waals surface area contributed by atoms with E-state index in [2.05, 4.69) is 5.32 Å². The molecule has 0 unspecified atom stereocenters. The van der Waals surface area contributed by atoms with E-state index in [4.69, 9.17) is 4.74 Å². The second kappa shape index (κ2) is 9.06. The molecule has 1 aromatic rings. The van der Waals surface area contributed by atoms with E-state index in [0.717, 1.165) is 37.0 Å². The summed E-state index contributed by atoms with van der Waals surface area (Å²) in [6, 6.07) is 7.44. The summed E-state index contributed by atoms with van der Waals surface area (Å²) in [6.45, 7) is 0. The Morgan fingerprint density at radius 3 is 2.33 bits per heavy atom. The number of ether oxygens (including phenoxy) is 1. The maximum Gasteiger partial charge on any atom is 0.235 e. The molecule has 1 aliphatic rings. The van der Waals surface area contributed by atoms with Crippen molar-refractivity contribution in [2.45, 2.75) is 51.0 Å². The van der Waals surface area contributed by atoms with Crippen molar-refractivity contribution >= 4 is 15.7 Å². The first-order chi connectivity index (χ1) is 11.5. The van der Waals surface area contributed by atoms with Gasteiger partial charge in [0.15, 0.2) is 9.84 Å². The topological polar surface area (TPSA) is 72.5 Å². The van der Waals surface area contributed by atoms with Crippen LogP contribution in [-0.4, -0.2) is 39.0 Å². The lowest BCUT2D eigenvalue weighted by Crippen LogP contribution is -2.38. The molecule has 1 amide bonds. The molecule has 0 aromatic heterocycles. The summed E-state index contributed by atoms with van der Waals surface area (Å²) in [5.74, 6) is -0.0575. The Bertz CT molecular complexity index is 617. The van der Waals surface area contributed by atoms with E-state index in [1.807, 2.05) is 12.1 Å². The number of nitrogens with one attached hydrogen (secondary N) is 1. The molecule has 1 aromatic carbocycles. The number of carbonyl (C=O) groups is 1. The van der Waals surface area contributed by atoms with Gasteiger partial charge in [-0.2, -0.15) is 0 Å². The van der Waals surface area contributed by atoms with E-state index in [0.29, 0.717) is 6.42 Å². The lowest BCUT2D eigenvalue weighted by molar-refractivity contribution is -0.119. The van der Waals surface area contributed by atoms with Crippen LogP contribution in [0.15, 0.2) is 24.3 Å². The van der Waals surface area contributed by atoms with Gasteiger partial charge in [0.2, 0.25) is 5.91 Å². The van der Waals surface area contributed by atoms with Gasteiger partial charge >= 0.3 is 0 Å². The van der Waals surface area contributed by atoms with Crippen LogP contribution in [-0.2, 0) is 21.1 Å². The number of aryl methyl sites for hydroxylation is 1. The third-order valence-electron chi connectivity index (χ3n) is 4.43. The van der Waals surface area contributed by atoms with E-state index in [1.54, 1.807) is 19.2 Å². The van der Waals surface area contributed by atoms with Gasteiger partial charge in [-0.1, -0.05) is 37.8 Å². The third-order valence-corrected chi connectivity index (χ3v) is 5.96. The lowest BCUT2D eigenvalue weighted by Gasteiger charge is -2.16. The number of hydrogen-bond acceptors (Lipinski definition) is 4. The summed E-state index contributed by atoms with van der Waals surface area (Å²) >= 11 is 0. The van der Waals surface area contributed by atoms with Crippen LogP contribution in [0.2, 0.25) is 0 Å². The van der Waals surface area contributed by atoms with E-state index < -0.39 is 15.6 Å². The SMILES string of the molecule is COc1ccc(CCS(=O)(=O)CC(=O)NC2CCCCCC2)cc1. The molecule has 0 aliphatic heterocycles. The molecule has 1 N–H and O–H groups in total. The summed E-state index contributed by atoms with van der Waals surface area (Å²) < 4.78 is 29.4. The van der Waals surface area contributed by atoms with Crippen LogP contribution < -0.4 is 10.1 Å². The van der Waals surface area contributed by atoms with Crippen molar-refractivity contribution in [3.8, 4) is 5.75 Å². The molecular formula is C18H27NO4S.